The van der Waals surface area contributed by atoms with Crippen molar-refractivity contribution < 1.29 is 9.53 Å². The van der Waals surface area contributed by atoms with Gasteiger partial charge in [-0.15, -0.1) is 11.8 Å². The van der Waals surface area contributed by atoms with E-state index in [1.165, 1.54) is 16.0 Å². The second-order valence-corrected chi connectivity index (χ2v) is 7.57. The van der Waals surface area contributed by atoms with Crippen molar-refractivity contribution in [2.24, 2.45) is 0 Å². The molecule has 3 nitrogen and oxygen atoms in total. The first-order valence-electron chi connectivity index (χ1n) is 9.08. The molecule has 0 radical (unpaired) electrons. The zero-order chi connectivity index (χ0) is 18.5. The summed E-state index contributed by atoms with van der Waals surface area (Å²) in [5, 5.41) is 2.91. The maximum Gasteiger partial charge on any atom is 0.224 e. The lowest BCUT2D eigenvalue weighted by atomic mass is 10.0. The van der Waals surface area contributed by atoms with Crippen molar-refractivity contribution in [1.82, 2.24) is 0 Å². The summed E-state index contributed by atoms with van der Waals surface area (Å²) in [6.07, 6.45) is 1.30. The van der Waals surface area contributed by atoms with E-state index in [2.05, 4.69) is 53.8 Å². The van der Waals surface area contributed by atoms with Gasteiger partial charge in [-0.25, -0.2) is 0 Å². The number of benzene rings is 3. The van der Waals surface area contributed by atoms with E-state index in [0.717, 1.165) is 29.2 Å². The first kappa shape index (κ1) is 17.7. The highest BCUT2D eigenvalue weighted by Crippen LogP contribution is 2.28. The van der Waals surface area contributed by atoms with Crippen molar-refractivity contribution in [2.45, 2.75) is 30.1 Å². The molecule has 3 aromatic carbocycles. The van der Waals surface area contributed by atoms with E-state index in [4.69, 9.17) is 4.74 Å². The van der Waals surface area contributed by atoms with E-state index < -0.39 is 0 Å². The Kier molecular flexibility index (Phi) is 5.45. The maximum absolute atomic E-state index is 11.5. The van der Waals surface area contributed by atoms with Crippen LogP contribution in [0.3, 0.4) is 0 Å². The summed E-state index contributed by atoms with van der Waals surface area (Å²) in [4.78, 5) is 12.7. The average Bonchev–Trinajstić information content (AvgIpc) is 2.72. The molecule has 136 valence electrons. The Morgan fingerprint density at radius 3 is 2.52 bits per heavy atom. The van der Waals surface area contributed by atoms with Gasteiger partial charge >= 0.3 is 0 Å². The van der Waals surface area contributed by atoms with E-state index in [9.17, 15) is 4.79 Å². The van der Waals surface area contributed by atoms with Crippen molar-refractivity contribution >= 4 is 23.4 Å². The Balaban J connectivity index is 1.42. The fraction of sp³-hybridized carbons (Fsp3) is 0.174. The SMILES string of the molecule is O=C1CCc2cc(OCc3ccccc3CSc3ccccc3)ccc2N1. The number of aryl methyl sites for hydroxylation is 1. The smallest absolute Gasteiger partial charge is 0.224 e. The lowest BCUT2D eigenvalue weighted by Crippen LogP contribution is -2.18. The first-order valence-corrected chi connectivity index (χ1v) is 10.1. The monoisotopic (exact) mass is 375 g/mol. The van der Waals surface area contributed by atoms with Crippen LogP contribution >= 0.6 is 11.8 Å². The quantitative estimate of drug-likeness (QED) is 0.583. The highest BCUT2D eigenvalue weighted by atomic mass is 32.2. The van der Waals surface area contributed by atoms with E-state index >= 15 is 0 Å². The van der Waals surface area contributed by atoms with Gasteiger partial charge in [0.15, 0.2) is 0 Å². The Hall–Kier alpha value is -2.72. The highest BCUT2D eigenvalue weighted by Gasteiger charge is 2.15. The molecule has 0 fully saturated rings. The Morgan fingerprint density at radius 2 is 1.67 bits per heavy atom. The Bertz CT molecular complexity index is 940. The van der Waals surface area contributed by atoms with Gasteiger partial charge in [-0.1, -0.05) is 42.5 Å². The van der Waals surface area contributed by atoms with Crippen molar-refractivity contribution in [1.29, 1.82) is 0 Å². The van der Waals surface area contributed by atoms with Gasteiger partial charge in [-0.05, 0) is 53.4 Å². The number of hydrogen-bond donors (Lipinski definition) is 1. The Morgan fingerprint density at radius 1 is 0.889 bits per heavy atom. The summed E-state index contributed by atoms with van der Waals surface area (Å²) in [6, 6.07) is 24.7. The third-order valence-corrected chi connectivity index (χ3v) is 5.68. The van der Waals surface area contributed by atoms with Gasteiger partial charge in [0.05, 0.1) is 0 Å². The lowest BCUT2D eigenvalue weighted by Gasteiger charge is -2.18. The molecule has 0 saturated heterocycles. The number of fused-ring (bicyclic) bond motifs is 1. The second-order valence-electron chi connectivity index (χ2n) is 6.53. The van der Waals surface area contributed by atoms with Gasteiger partial charge < -0.3 is 10.1 Å². The molecule has 1 N–H and O–H groups in total. The van der Waals surface area contributed by atoms with E-state index in [1.807, 2.05) is 36.0 Å². The van der Waals surface area contributed by atoms with Crippen LogP contribution in [-0.4, -0.2) is 5.91 Å². The minimum absolute atomic E-state index is 0.0843. The zero-order valence-corrected chi connectivity index (χ0v) is 15.8. The van der Waals surface area contributed by atoms with Crippen LogP contribution in [0.1, 0.15) is 23.1 Å². The molecule has 3 aromatic rings. The van der Waals surface area contributed by atoms with Gasteiger partial charge in [0.2, 0.25) is 5.91 Å². The van der Waals surface area contributed by atoms with Gasteiger partial charge in [-0.3, -0.25) is 4.79 Å². The highest BCUT2D eigenvalue weighted by molar-refractivity contribution is 7.98. The number of nitrogens with one attached hydrogen (secondary N) is 1. The molecule has 1 aliphatic rings. The number of carbonyl (C=O) groups excluding carboxylic acids is 1. The number of rotatable bonds is 6. The van der Waals surface area contributed by atoms with E-state index in [0.29, 0.717) is 13.0 Å². The molecular formula is C23H21NO2S. The summed E-state index contributed by atoms with van der Waals surface area (Å²) in [5.41, 5.74) is 4.53. The van der Waals surface area contributed by atoms with Crippen LogP contribution in [0.4, 0.5) is 5.69 Å². The van der Waals surface area contributed by atoms with Crippen LogP contribution in [0, 0.1) is 0 Å². The van der Waals surface area contributed by atoms with Crippen LogP contribution in [0.25, 0.3) is 0 Å². The van der Waals surface area contributed by atoms with Crippen molar-refractivity contribution in [3.8, 4) is 5.75 Å². The van der Waals surface area contributed by atoms with Crippen molar-refractivity contribution in [3.05, 3.63) is 89.5 Å². The number of thioether (sulfide) groups is 1. The largest absolute Gasteiger partial charge is 0.489 e. The predicted octanol–water partition coefficient (Wildman–Crippen LogP) is 5.44. The summed E-state index contributed by atoms with van der Waals surface area (Å²) < 4.78 is 6.06. The number of ether oxygens (including phenoxy) is 1. The summed E-state index contributed by atoms with van der Waals surface area (Å²) >= 11 is 1.83. The summed E-state index contributed by atoms with van der Waals surface area (Å²) in [5.74, 6) is 1.84. The minimum atomic E-state index is 0.0843. The van der Waals surface area contributed by atoms with Crippen molar-refractivity contribution in [2.75, 3.05) is 5.32 Å². The third-order valence-electron chi connectivity index (χ3n) is 4.62. The topological polar surface area (TPSA) is 38.3 Å². The molecule has 0 bridgehead atoms. The molecule has 0 aromatic heterocycles. The van der Waals surface area contributed by atoms with Gasteiger partial charge in [0.25, 0.3) is 0 Å². The standard InChI is InChI=1S/C23H21NO2S/c25-23-13-10-17-14-20(11-12-22(17)24-23)26-15-18-6-4-5-7-19(18)16-27-21-8-2-1-3-9-21/h1-9,11-12,14H,10,13,15-16H2,(H,24,25). The fourth-order valence-electron chi connectivity index (χ4n) is 3.13. The molecule has 0 spiro atoms. The first-order chi connectivity index (χ1) is 13.3. The molecule has 1 aliphatic heterocycles. The molecule has 0 saturated carbocycles. The van der Waals surface area contributed by atoms with Crippen molar-refractivity contribution in [3.63, 3.8) is 0 Å². The molecule has 1 heterocycles. The van der Waals surface area contributed by atoms with Crippen LogP contribution in [0.15, 0.2) is 77.7 Å². The van der Waals surface area contributed by atoms with Gasteiger partial charge in [0, 0.05) is 22.8 Å². The number of anilines is 1. The van der Waals surface area contributed by atoms with Gasteiger partial charge in [-0.2, -0.15) is 0 Å². The van der Waals surface area contributed by atoms with E-state index in [1.54, 1.807) is 0 Å². The minimum Gasteiger partial charge on any atom is -0.489 e. The number of carbonyl (C=O) groups is 1. The maximum atomic E-state index is 11.5. The lowest BCUT2D eigenvalue weighted by molar-refractivity contribution is -0.116. The number of amides is 1. The molecule has 4 heteroatoms. The van der Waals surface area contributed by atoms with E-state index in [-0.39, 0.29) is 5.91 Å². The van der Waals surface area contributed by atoms with Crippen LogP contribution in [0.5, 0.6) is 5.75 Å². The zero-order valence-electron chi connectivity index (χ0n) is 15.0. The normalized spacial score (nSPS) is 13.0. The molecule has 27 heavy (non-hydrogen) atoms. The molecule has 0 atom stereocenters. The van der Waals surface area contributed by atoms with Crippen LogP contribution in [-0.2, 0) is 23.6 Å². The second kappa shape index (κ2) is 8.31. The molecule has 0 unspecified atom stereocenters. The van der Waals surface area contributed by atoms with Crippen LogP contribution < -0.4 is 10.1 Å². The molecule has 0 aliphatic carbocycles. The summed E-state index contributed by atoms with van der Waals surface area (Å²) in [6.45, 7) is 0.538. The number of hydrogen-bond acceptors (Lipinski definition) is 3. The fourth-order valence-corrected chi connectivity index (χ4v) is 4.08. The van der Waals surface area contributed by atoms with Crippen LogP contribution in [0.2, 0.25) is 0 Å². The molecule has 1 amide bonds. The summed E-state index contributed by atoms with van der Waals surface area (Å²) in [7, 11) is 0. The predicted molar refractivity (Wildman–Crippen MR) is 110 cm³/mol. The molecule has 4 rings (SSSR count). The van der Waals surface area contributed by atoms with Gasteiger partial charge in [0.1, 0.15) is 12.4 Å². The average molecular weight is 375 g/mol. The Labute approximate surface area is 163 Å². The molecular weight excluding hydrogens is 354 g/mol. The third kappa shape index (κ3) is 4.52.